The van der Waals surface area contributed by atoms with Crippen LogP contribution in [0.15, 0.2) is 42.5 Å². The standard InChI is InChI=1S/C13H9F2NO/c14-10-6-3-7-11(15)12(10)8-4-1-2-5-9(8)13(16)17/h1-7H,(H2,16,17). The smallest absolute Gasteiger partial charge is 0.249 e. The van der Waals surface area contributed by atoms with Gasteiger partial charge in [0.05, 0.1) is 5.56 Å². The maximum Gasteiger partial charge on any atom is 0.249 e. The third kappa shape index (κ3) is 2.01. The summed E-state index contributed by atoms with van der Waals surface area (Å²) in [6.07, 6.45) is 0. The lowest BCUT2D eigenvalue weighted by Gasteiger charge is -2.08. The molecule has 86 valence electrons. The number of amides is 1. The van der Waals surface area contributed by atoms with E-state index in [1.165, 1.54) is 18.2 Å². The van der Waals surface area contributed by atoms with Crippen LogP contribution in [0.4, 0.5) is 8.78 Å². The van der Waals surface area contributed by atoms with E-state index in [0.717, 1.165) is 12.1 Å². The van der Waals surface area contributed by atoms with Gasteiger partial charge in [0.15, 0.2) is 0 Å². The van der Waals surface area contributed by atoms with Crippen LogP contribution in [0.1, 0.15) is 10.4 Å². The Bertz CT molecular complexity index is 561. The van der Waals surface area contributed by atoms with Crippen LogP contribution in [0.2, 0.25) is 0 Å². The van der Waals surface area contributed by atoms with Gasteiger partial charge in [-0.3, -0.25) is 4.79 Å². The molecule has 0 unspecified atom stereocenters. The number of hydrogen-bond acceptors (Lipinski definition) is 1. The molecule has 0 saturated carbocycles. The summed E-state index contributed by atoms with van der Waals surface area (Å²) in [4.78, 5) is 11.2. The molecule has 0 aliphatic rings. The fourth-order valence-corrected chi connectivity index (χ4v) is 1.67. The molecular formula is C13H9F2NO. The molecule has 2 nitrogen and oxygen atoms in total. The minimum Gasteiger partial charge on any atom is -0.366 e. The number of carbonyl (C=O) groups excluding carboxylic acids is 1. The number of halogens is 2. The van der Waals surface area contributed by atoms with Crippen molar-refractivity contribution in [2.45, 2.75) is 0 Å². The van der Waals surface area contributed by atoms with Gasteiger partial charge in [-0.15, -0.1) is 0 Å². The normalized spacial score (nSPS) is 10.2. The summed E-state index contributed by atoms with van der Waals surface area (Å²) in [5.74, 6) is -2.17. The van der Waals surface area contributed by atoms with Crippen molar-refractivity contribution in [1.82, 2.24) is 0 Å². The second-order valence-electron chi connectivity index (χ2n) is 3.51. The third-order valence-electron chi connectivity index (χ3n) is 2.42. The average molecular weight is 233 g/mol. The highest BCUT2D eigenvalue weighted by atomic mass is 19.1. The van der Waals surface area contributed by atoms with Crippen LogP contribution in [0, 0.1) is 11.6 Å². The number of nitrogens with two attached hydrogens (primary N) is 1. The van der Waals surface area contributed by atoms with E-state index in [4.69, 9.17) is 5.73 Å². The first kappa shape index (κ1) is 11.3. The molecule has 0 heterocycles. The molecule has 4 heteroatoms. The first-order valence-electron chi connectivity index (χ1n) is 4.94. The molecule has 0 fully saturated rings. The zero-order valence-corrected chi connectivity index (χ0v) is 8.78. The lowest BCUT2D eigenvalue weighted by molar-refractivity contribution is 0.100. The lowest BCUT2D eigenvalue weighted by atomic mass is 9.98. The summed E-state index contributed by atoms with van der Waals surface area (Å²) in [5, 5.41) is 0. The Labute approximate surface area is 96.7 Å². The number of carbonyl (C=O) groups is 1. The van der Waals surface area contributed by atoms with Gasteiger partial charge in [-0.2, -0.15) is 0 Å². The first-order valence-corrected chi connectivity index (χ1v) is 4.94. The van der Waals surface area contributed by atoms with E-state index in [1.54, 1.807) is 12.1 Å². The van der Waals surface area contributed by atoms with Gasteiger partial charge in [0.25, 0.3) is 0 Å². The molecule has 0 saturated heterocycles. The van der Waals surface area contributed by atoms with E-state index in [0.29, 0.717) is 0 Å². The Kier molecular flexibility index (Phi) is 2.87. The van der Waals surface area contributed by atoms with Crippen LogP contribution in [-0.2, 0) is 0 Å². The van der Waals surface area contributed by atoms with Crippen molar-refractivity contribution in [3.63, 3.8) is 0 Å². The Balaban J connectivity index is 2.73. The van der Waals surface area contributed by atoms with Crippen molar-refractivity contribution in [2.75, 3.05) is 0 Å². The van der Waals surface area contributed by atoms with Crippen molar-refractivity contribution in [3.8, 4) is 11.1 Å². The highest BCUT2D eigenvalue weighted by molar-refractivity contribution is 5.99. The van der Waals surface area contributed by atoms with Gasteiger partial charge in [-0.05, 0) is 18.2 Å². The van der Waals surface area contributed by atoms with Gasteiger partial charge >= 0.3 is 0 Å². The summed E-state index contributed by atoms with van der Waals surface area (Å²) in [7, 11) is 0. The molecule has 1 amide bonds. The number of hydrogen-bond donors (Lipinski definition) is 1. The van der Waals surface area contributed by atoms with Gasteiger partial charge in [0, 0.05) is 11.1 Å². The van der Waals surface area contributed by atoms with Crippen molar-refractivity contribution < 1.29 is 13.6 Å². The highest BCUT2D eigenvalue weighted by Gasteiger charge is 2.16. The van der Waals surface area contributed by atoms with Crippen LogP contribution in [-0.4, -0.2) is 5.91 Å². The molecule has 2 aromatic rings. The topological polar surface area (TPSA) is 43.1 Å². The van der Waals surface area contributed by atoms with E-state index < -0.39 is 17.5 Å². The van der Waals surface area contributed by atoms with E-state index in [2.05, 4.69) is 0 Å². The number of primary amides is 1. The Morgan fingerprint density at radius 3 is 2.12 bits per heavy atom. The molecule has 0 radical (unpaired) electrons. The first-order chi connectivity index (χ1) is 8.11. The number of rotatable bonds is 2. The summed E-state index contributed by atoms with van der Waals surface area (Å²) < 4.78 is 27.2. The van der Waals surface area contributed by atoms with Crippen molar-refractivity contribution in [3.05, 3.63) is 59.7 Å². The molecule has 17 heavy (non-hydrogen) atoms. The molecule has 2 aromatic carbocycles. The Hall–Kier alpha value is -2.23. The summed E-state index contributed by atoms with van der Waals surface area (Å²) in [5.41, 5.74) is 5.19. The molecule has 0 aliphatic carbocycles. The Morgan fingerprint density at radius 2 is 1.53 bits per heavy atom. The fourth-order valence-electron chi connectivity index (χ4n) is 1.67. The fraction of sp³-hybridized carbons (Fsp3) is 0. The molecule has 0 atom stereocenters. The SMILES string of the molecule is NC(=O)c1ccccc1-c1c(F)cccc1F. The molecule has 0 aliphatic heterocycles. The quantitative estimate of drug-likeness (QED) is 0.851. The second-order valence-corrected chi connectivity index (χ2v) is 3.51. The lowest BCUT2D eigenvalue weighted by Crippen LogP contribution is -2.12. The van der Waals surface area contributed by atoms with Crippen molar-refractivity contribution >= 4 is 5.91 Å². The van der Waals surface area contributed by atoms with E-state index in [9.17, 15) is 13.6 Å². The average Bonchev–Trinajstić information content (AvgIpc) is 2.29. The van der Waals surface area contributed by atoms with Crippen LogP contribution in [0.25, 0.3) is 11.1 Å². The minimum absolute atomic E-state index is 0.0940. The minimum atomic E-state index is -0.723. The zero-order chi connectivity index (χ0) is 12.4. The van der Waals surface area contributed by atoms with Crippen LogP contribution in [0.5, 0.6) is 0 Å². The predicted molar refractivity (Wildman–Crippen MR) is 60.3 cm³/mol. The van der Waals surface area contributed by atoms with Crippen LogP contribution < -0.4 is 5.73 Å². The zero-order valence-electron chi connectivity index (χ0n) is 8.78. The van der Waals surface area contributed by atoms with Crippen LogP contribution in [0.3, 0.4) is 0 Å². The summed E-state index contributed by atoms with van der Waals surface area (Å²) in [6, 6.07) is 9.61. The van der Waals surface area contributed by atoms with Gasteiger partial charge in [0.2, 0.25) is 5.91 Å². The molecule has 0 aromatic heterocycles. The van der Waals surface area contributed by atoms with Crippen molar-refractivity contribution in [2.24, 2.45) is 5.73 Å². The van der Waals surface area contributed by atoms with Gasteiger partial charge in [-0.25, -0.2) is 8.78 Å². The van der Waals surface area contributed by atoms with Crippen LogP contribution >= 0.6 is 0 Å². The van der Waals surface area contributed by atoms with E-state index >= 15 is 0 Å². The largest absolute Gasteiger partial charge is 0.366 e. The maximum atomic E-state index is 13.6. The van der Waals surface area contributed by atoms with Gasteiger partial charge in [-0.1, -0.05) is 24.3 Å². The third-order valence-corrected chi connectivity index (χ3v) is 2.42. The Morgan fingerprint density at radius 1 is 0.941 bits per heavy atom. The molecule has 2 rings (SSSR count). The second kappa shape index (κ2) is 4.33. The van der Waals surface area contributed by atoms with E-state index in [1.807, 2.05) is 0 Å². The van der Waals surface area contributed by atoms with Gasteiger partial charge in [0.1, 0.15) is 11.6 Å². The van der Waals surface area contributed by atoms with E-state index in [-0.39, 0.29) is 16.7 Å². The summed E-state index contributed by atoms with van der Waals surface area (Å²) >= 11 is 0. The molecule has 0 spiro atoms. The molecule has 0 bridgehead atoms. The molecule has 2 N–H and O–H groups in total. The monoisotopic (exact) mass is 233 g/mol. The maximum absolute atomic E-state index is 13.6. The van der Waals surface area contributed by atoms with Crippen molar-refractivity contribution in [1.29, 1.82) is 0 Å². The molecular weight excluding hydrogens is 224 g/mol. The highest BCUT2D eigenvalue weighted by Crippen LogP contribution is 2.28. The van der Waals surface area contributed by atoms with Gasteiger partial charge < -0.3 is 5.73 Å². The predicted octanol–water partition coefficient (Wildman–Crippen LogP) is 2.73. The summed E-state index contributed by atoms with van der Waals surface area (Å²) in [6.45, 7) is 0. The number of benzene rings is 2.